The summed E-state index contributed by atoms with van der Waals surface area (Å²) in [7, 11) is 0. The molecule has 0 radical (unpaired) electrons. The van der Waals surface area contributed by atoms with Gasteiger partial charge in [-0.2, -0.15) is 0 Å². The third-order valence-electron chi connectivity index (χ3n) is 2.81. The molecule has 1 amide bonds. The van der Waals surface area contributed by atoms with Crippen LogP contribution in [-0.4, -0.2) is 46.4 Å². The summed E-state index contributed by atoms with van der Waals surface area (Å²) in [6, 6.07) is -0.299. The first-order chi connectivity index (χ1) is 8.63. The molecule has 19 heavy (non-hydrogen) atoms. The molecule has 108 valence electrons. The zero-order valence-electron chi connectivity index (χ0n) is 12.0. The Labute approximate surface area is 113 Å². The van der Waals surface area contributed by atoms with Crippen molar-refractivity contribution in [2.45, 2.75) is 57.8 Å². The molecule has 1 fully saturated rings. The van der Waals surface area contributed by atoms with E-state index in [1.807, 2.05) is 0 Å². The first-order valence-electron chi connectivity index (χ1n) is 6.37. The maximum atomic E-state index is 12.0. The van der Waals surface area contributed by atoms with E-state index in [0.29, 0.717) is 19.4 Å². The second-order valence-electron chi connectivity index (χ2n) is 6.25. The summed E-state index contributed by atoms with van der Waals surface area (Å²) in [6.07, 6.45) is 0.421. The van der Waals surface area contributed by atoms with Gasteiger partial charge in [-0.3, -0.25) is 0 Å². The Morgan fingerprint density at radius 1 is 1.58 bits per heavy atom. The first kappa shape index (κ1) is 15.6. The summed E-state index contributed by atoms with van der Waals surface area (Å²) in [5.74, 6) is 0. The van der Waals surface area contributed by atoms with Gasteiger partial charge >= 0.3 is 6.09 Å². The number of carbonyl (C=O) groups is 1. The van der Waals surface area contributed by atoms with Crippen molar-refractivity contribution in [2.75, 3.05) is 13.1 Å². The van der Waals surface area contributed by atoms with Crippen LogP contribution < -0.4 is 0 Å². The van der Waals surface area contributed by atoms with Gasteiger partial charge in [-0.25, -0.2) is 4.79 Å². The quantitative estimate of drug-likeness (QED) is 0.450. The number of rotatable bonds is 1. The number of aliphatic hydroxyl groups is 1. The Kier molecular flexibility index (Phi) is 4.66. The van der Waals surface area contributed by atoms with Gasteiger partial charge in [0.1, 0.15) is 5.60 Å². The molecule has 0 aromatic heterocycles. The predicted octanol–water partition coefficient (Wildman–Crippen LogP) is 2.45. The summed E-state index contributed by atoms with van der Waals surface area (Å²) in [5.41, 5.74) is 6.83. The molecular weight excluding hydrogens is 248 g/mol. The number of nitrogens with zero attached hydrogens (tertiary/aromatic N) is 4. The molecule has 0 saturated carbocycles. The lowest BCUT2D eigenvalue weighted by Crippen LogP contribution is -2.44. The minimum atomic E-state index is -1.08. The molecule has 0 aliphatic carbocycles. The van der Waals surface area contributed by atoms with E-state index in [4.69, 9.17) is 10.3 Å². The standard InChI is InChI=1S/C12H22N4O3/c1-11(2,3)19-10(17)16-6-5-9(14-15-13)7-12(4,18)8-16/h9,18H,5-8H2,1-4H3. The molecule has 1 saturated heterocycles. The smallest absolute Gasteiger partial charge is 0.410 e. The lowest BCUT2D eigenvalue weighted by atomic mass is 9.97. The largest absolute Gasteiger partial charge is 0.444 e. The van der Waals surface area contributed by atoms with E-state index < -0.39 is 17.3 Å². The van der Waals surface area contributed by atoms with Gasteiger partial charge in [0.25, 0.3) is 0 Å². The van der Waals surface area contributed by atoms with Gasteiger partial charge in [-0.15, -0.1) is 0 Å². The summed E-state index contributed by atoms with van der Waals surface area (Å²) < 4.78 is 5.29. The van der Waals surface area contributed by atoms with Crippen LogP contribution >= 0.6 is 0 Å². The normalized spacial score (nSPS) is 28.3. The average molecular weight is 270 g/mol. The van der Waals surface area contributed by atoms with E-state index >= 15 is 0 Å². The van der Waals surface area contributed by atoms with E-state index in [2.05, 4.69) is 10.0 Å². The fourth-order valence-electron chi connectivity index (χ4n) is 2.12. The highest BCUT2D eigenvalue weighted by atomic mass is 16.6. The van der Waals surface area contributed by atoms with Crippen LogP contribution in [0, 0.1) is 0 Å². The van der Waals surface area contributed by atoms with E-state index in [9.17, 15) is 9.90 Å². The van der Waals surface area contributed by atoms with Crippen LogP contribution in [0.15, 0.2) is 5.11 Å². The Bertz CT molecular complexity index is 383. The van der Waals surface area contributed by atoms with Crippen molar-refractivity contribution < 1.29 is 14.6 Å². The number of hydrogen-bond acceptors (Lipinski definition) is 4. The molecule has 7 heteroatoms. The van der Waals surface area contributed by atoms with Crippen molar-refractivity contribution in [1.29, 1.82) is 0 Å². The van der Waals surface area contributed by atoms with E-state index in [1.54, 1.807) is 27.7 Å². The minimum absolute atomic E-state index is 0.180. The van der Waals surface area contributed by atoms with Crippen LogP contribution in [0.4, 0.5) is 4.79 Å². The molecule has 0 aromatic rings. The molecule has 1 heterocycles. The van der Waals surface area contributed by atoms with Gasteiger partial charge in [-0.1, -0.05) is 5.11 Å². The van der Waals surface area contributed by atoms with E-state index in [0.717, 1.165) is 0 Å². The Morgan fingerprint density at radius 3 is 2.74 bits per heavy atom. The Morgan fingerprint density at radius 2 is 2.21 bits per heavy atom. The van der Waals surface area contributed by atoms with Crippen molar-refractivity contribution in [3.8, 4) is 0 Å². The molecule has 1 rings (SSSR count). The topological polar surface area (TPSA) is 98.5 Å². The lowest BCUT2D eigenvalue weighted by Gasteiger charge is -2.30. The highest BCUT2D eigenvalue weighted by Gasteiger charge is 2.35. The lowest BCUT2D eigenvalue weighted by molar-refractivity contribution is -0.00639. The van der Waals surface area contributed by atoms with Gasteiger partial charge < -0.3 is 14.7 Å². The van der Waals surface area contributed by atoms with Gasteiger partial charge in [0.2, 0.25) is 0 Å². The van der Waals surface area contributed by atoms with E-state index in [1.165, 1.54) is 4.90 Å². The monoisotopic (exact) mass is 270 g/mol. The zero-order chi connectivity index (χ0) is 14.7. The predicted molar refractivity (Wildman–Crippen MR) is 70.6 cm³/mol. The first-order valence-corrected chi connectivity index (χ1v) is 6.37. The SMILES string of the molecule is CC1(O)CC(N=[N+]=[N-])CCN(C(=O)OC(C)(C)C)C1. The number of amides is 1. The van der Waals surface area contributed by atoms with Crippen LogP contribution in [-0.2, 0) is 4.74 Å². The Hall–Kier alpha value is -1.46. The number of likely N-dealkylation sites (tertiary alicyclic amines) is 1. The number of azide groups is 1. The highest BCUT2D eigenvalue weighted by Crippen LogP contribution is 2.24. The Balaban J connectivity index is 2.76. The van der Waals surface area contributed by atoms with Crippen molar-refractivity contribution in [3.63, 3.8) is 0 Å². The average Bonchev–Trinajstić information content (AvgIpc) is 2.34. The van der Waals surface area contributed by atoms with Gasteiger partial charge in [0, 0.05) is 17.5 Å². The number of carbonyl (C=O) groups excluding carboxylic acids is 1. The molecule has 0 bridgehead atoms. The summed E-state index contributed by atoms with van der Waals surface area (Å²) in [5, 5.41) is 13.9. The third-order valence-corrected chi connectivity index (χ3v) is 2.81. The maximum absolute atomic E-state index is 12.0. The second kappa shape index (κ2) is 5.67. The van der Waals surface area contributed by atoms with Crippen molar-refractivity contribution >= 4 is 6.09 Å². The fourth-order valence-corrected chi connectivity index (χ4v) is 2.12. The molecule has 0 aromatic carbocycles. The number of ether oxygens (including phenoxy) is 1. The second-order valence-corrected chi connectivity index (χ2v) is 6.25. The molecule has 2 atom stereocenters. The molecule has 1 aliphatic rings. The fraction of sp³-hybridized carbons (Fsp3) is 0.917. The maximum Gasteiger partial charge on any atom is 0.410 e. The highest BCUT2D eigenvalue weighted by molar-refractivity contribution is 5.68. The van der Waals surface area contributed by atoms with Crippen molar-refractivity contribution in [2.24, 2.45) is 5.11 Å². The van der Waals surface area contributed by atoms with Gasteiger partial charge in [0.15, 0.2) is 0 Å². The minimum Gasteiger partial charge on any atom is -0.444 e. The van der Waals surface area contributed by atoms with Crippen LogP contribution in [0.3, 0.4) is 0 Å². The van der Waals surface area contributed by atoms with Crippen LogP contribution in [0.1, 0.15) is 40.5 Å². The van der Waals surface area contributed by atoms with Crippen molar-refractivity contribution in [3.05, 3.63) is 10.4 Å². The molecule has 0 spiro atoms. The molecule has 7 nitrogen and oxygen atoms in total. The summed E-state index contributed by atoms with van der Waals surface area (Å²) in [6.45, 7) is 7.61. The van der Waals surface area contributed by atoms with Gasteiger partial charge in [0.05, 0.1) is 12.1 Å². The number of hydrogen-bond donors (Lipinski definition) is 1. The molecule has 1 N–H and O–H groups in total. The molecule has 1 aliphatic heterocycles. The van der Waals surface area contributed by atoms with Gasteiger partial charge in [-0.05, 0) is 46.1 Å². The summed E-state index contributed by atoms with van der Waals surface area (Å²) in [4.78, 5) is 16.3. The third kappa shape index (κ3) is 5.36. The zero-order valence-corrected chi connectivity index (χ0v) is 12.0. The van der Waals surface area contributed by atoms with E-state index in [-0.39, 0.29) is 12.6 Å². The van der Waals surface area contributed by atoms with Crippen LogP contribution in [0.2, 0.25) is 0 Å². The van der Waals surface area contributed by atoms with Crippen LogP contribution in [0.25, 0.3) is 10.4 Å². The van der Waals surface area contributed by atoms with Crippen LogP contribution in [0.5, 0.6) is 0 Å². The number of β-amino-alcohol motifs (C(OH)–C–C–N with tert-alkyl or cyclic N) is 1. The van der Waals surface area contributed by atoms with Crippen molar-refractivity contribution in [1.82, 2.24) is 4.90 Å². The molecular formula is C12H22N4O3. The molecule has 2 unspecified atom stereocenters. The summed E-state index contributed by atoms with van der Waals surface area (Å²) >= 11 is 0.